The molecule has 2 aliphatic rings. The lowest BCUT2D eigenvalue weighted by Crippen LogP contribution is -2.43. The van der Waals surface area contributed by atoms with E-state index in [1.54, 1.807) is 18.2 Å². The van der Waals surface area contributed by atoms with Crippen molar-refractivity contribution in [3.8, 4) is 0 Å². The van der Waals surface area contributed by atoms with Gasteiger partial charge in [-0.1, -0.05) is 6.07 Å². The van der Waals surface area contributed by atoms with Crippen molar-refractivity contribution < 1.29 is 19.1 Å². The molecule has 5 nitrogen and oxygen atoms in total. The Morgan fingerprint density at radius 2 is 1.68 bits per heavy atom. The molecule has 3 atom stereocenters. The number of esters is 2. The van der Waals surface area contributed by atoms with Crippen molar-refractivity contribution in [2.45, 2.75) is 43.9 Å². The average molecular weight is 303 g/mol. The molecule has 0 amide bonds. The summed E-state index contributed by atoms with van der Waals surface area (Å²) in [6, 6.07) is 7.53. The van der Waals surface area contributed by atoms with Crippen LogP contribution in [-0.4, -0.2) is 49.2 Å². The molecule has 3 rings (SSSR count). The third-order valence-electron chi connectivity index (χ3n) is 4.85. The van der Waals surface area contributed by atoms with E-state index in [0.29, 0.717) is 23.2 Å². The minimum atomic E-state index is -0.452. The fourth-order valence-corrected chi connectivity index (χ4v) is 3.57. The van der Waals surface area contributed by atoms with E-state index in [1.165, 1.54) is 26.0 Å². The van der Waals surface area contributed by atoms with Crippen molar-refractivity contribution in [1.82, 2.24) is 4.90 Å². The standard InChI is InChI=1S/C17H21NO4/c1-18-13-6-7-14(18)10-15(9-13)22-17(20)12-5-3-4-11(8-12)16(19)21-2/h3-5,8,13-15H,6-7,9-10H2,1-2H3/t13-,14+,15?. The molecule has 1 aromatic carbocycles. The minimum absolute atomic E-state index is 0.0250. The zero-order valence-electron chi connectivity index (χ0n) is 13.0. The van der Waals surface area contributed by atoms with Crippen LogP contribution in [0.3, 0.4) is 0 Å². The molecule has 1 unspecified atom stereocenters. The van der Waals surface area contributed by atoms with Crippen molar-refractivity contribution in [1.29, 1.82) is 0 Å². The monoisotopic (exact) mass is 303 g/mol. The molecule has 0 aliphatic carbocycles. The fraction of sp³-hybridized carbons (Fsp3) is 0.529. The lowest BCUT2D eigenvalue weighted by Gasteiger charge is -2.35. The normalized spacial score (nSPS) is 27.5. The summed E-state index contributed by atoms with van der Waals surface area (Å²) >= 11 is 0. The highest BCUT2D eigenvalue weighted by Gasteiger charge is 2.39. The van der Waals surface area contributed by atoms with Gasteiger partial charge >= 0.3 is 11.9 Å². The molecule has 2 bridgehead atoms. The molecule has 2 heterocycles. The summed E-state index contributed by atoms with van der Waals surface area (Å²) in [6.07, 6.45) is 4.15. The summed E-state index contributed by atoms with van der Waals surface area (Å²) in [7, 11) is 3.47. The number of nitrogens with zero attached hydrogens (tertiary/aromatic N) is 1. The Kier molecular flexibility index (Phi) is 4.16. The van der Waals surface area contributed by atoms with E-state index >= 15 is 0 Å². The van der Waals surface area contributed by atoms with Gasteiger partial charge in [-0.25, -0.2) is 9.59 Å². The number of carbonyl (C=O) groups is 2. The summed E-state index contributed by atoms with van der Waals surface area (Å²) in [5, 5.41) is 0. The maximum absolute atomic E-state index is 12.3. The van der Waals surface area contributed by atoms with Crippen LogP contribution in [0.15, 0.2) is 24.3 Å². The Hall–Kier alpha value is -1.88. The number of ether oxygens (including phenoxy) is 2. The summed E-state index contributed by atoms with van der Waals surface area (Å²) < 4.78 is 10.3. The predicted octanol–water partition coefficient (Wildman–Crippen LogP) is 2.26. The molecule has 0 saturated carbocycles. The second-order valence-electron chi connectivity index (χ2n) is 6.12. The Morgan fingerprint density at radius 1 is 1.09 bits per heavy atom. The lowest BCUT2D eigenvalue weighted by molar-refractivity contribution is -0.000450. The Bertz CT molecular complexity index is 572. The Balaban J connectivity index is 1.66. The summed E-state index contributed by atoms with van der Waals surface area (Å²) in [5.41, 5.74) is 0.759. The van der Waals surface area contributed by atoms with Gasteiger partial charge in [0.25, 0.3) is 0 Å². The van der Waals surface area contributed by atoms with E-state index < -0.39 is 5.97 Å². The number of piperidine rings is 1. The Morgan fingerprint density at radius 3 is 2.27 bits per heavy atom. The van der Waals surface area contributed by atoms with Crippen molar-refractivity contribution in [2.24, 2.45) is 0 Å². The van der Waals surface area contributed by atoms with Gasteiger partial charge < -0.3 is 14.4 Å². The van der Waals surface area contributed by atoms with Crippen LogP contribution in [0.1, 0.15) is 46.4 Å². The molecule has 22 heavy (non-hydrogen) atoms. The van der Waals surface area contributed by atoms with Crippen molar-refractivity contribution in [3.63, 3.8) is 0 Å². The second-order valence-corrected chi connectivity index (χ2v) is 6.12. The minimum Gasteiger partial charge on any atom is -0.465 e. The molecule has 0 N–H and O–H groups in total. The maximum atomic E-state index is 12.3. The first-order chi connectivity index (χ1) is 10.6. The predicted molar refractivity (Wildman–Crippen MR) is 80.8 cm³/mol. The van der Waals surface area contributed by atoms with E-state index in [9.17, 15) is 9.59 Å². The highest BCUT2D eigenvalue weighted by molar-refractivity contribution is 5.95. The summed E-state index contributed by atoms with van der Waals surface area (Å²) in [6.45, 7) is 0. The summed E-state index contributed by atoms with van der Waals surface area (Å²) in [5.74, 6) is -0.813. The number of hydrogen-bond acceptors (Lipinski definition) is 5. The molecule has 2 fully saturated rings. The van der Waals surface area contributed by atoms with E-state index in [4.69, 9.17) is 4.74 Å². The fourth-order valence-electron chi connectivity index (χ4n) is 3.57. The second kappa shape index (κ2) is 6.08. The van der Waals surface area contributed by atoms with Gasteiger partial charge in [-0.3, -0.25) is 0 Å². The van der Waals surface area contributed by atoms with Gasteiger partial charge in [0.05, 0.1) is 18.2 Å². The molecule has 0 radical (unpaired) electrons. The quantitative estimate of drug-likeness (QED) is 0.802. The van der Waals surface area contributed by atoms with E-state index in [0.717, 1.165) is 12.8 Å². The molecular formula is C17H21NO4. The molecule has 2 saturated heterocycles. The van der Waals surface area contributed by atoms with Gasteiger partial charge in [-0.2, -0.15) is 0 Å². The lowest BCUT2D eigenvalue weighted by atomic mass is 10.0. The zero-order valence-corrected chi connectivity index (χ0v) is 13.0. The van der Waals surface area contributed by atoms with Crippen LogP contribution < -0.4 is 0 Å². The molecule has 2 aliphatic heterocycles. The topological polar surface area (TPSA) is 55.8 Å². The van der Waals surface area contributed by atoms with Gasteiger partial charge in [0.15, 0.2) is 0 Å². The van der Waals surface area contributed by atoms with Crippen LogP contribution in [0.2, 0.25) is 0 Å². The number of benzene rings is 1. The first-order valence-corrected chi connectivity index (χ1v) is 7.69. The first-order valence-electron chi connectivity index (χ1n) is 7.69. The molecule has 0 aromatic heterocycles. The van der Waals surface area contributed by atoms with Crippen molar-refractivity contribution >= 4 is 11.9 Å². The van der Waals surface area contributed by atoms with Crippen LogP contribution >= 0.6 is 0 Å². The zero-order chi connectivity index (χ0) is 15.7. The van der Waals surface area contributed by atoms with Crippen LogP contribution in [0.25, 0.3) is 0 Å². The molecular weight excluding hydrogens is 282 g/mol. The molecule has 1 aromatic rings. The number of hydrogen-bond donors (Lipinski definition) is 0. The summed E-state index contributed by atoms with van der Waals surface area (Å²) in [4.78, 5) is 26.2. The van der Waals surface area contributed by atoms with Crippen LogP contribution in [0, 0.1) is 0 Å². The smallest absolute Gasteiger partial charge is 0.338 e. The molecule has 118 valence electrons. The number of fused-ring (bicyclic) bond motifs is 2. The van der Waals surface area contributed by atoms with Gasteiger partial charge in [0.1, 0.15) is 6.10 Å². The highest BCUT2D eigenvalue weighted by atomic mass is 16.5. The average Bonchev–Trinajstić information content (AvgIpc) is 2.76. The first kappa shape index (κ1) is 15.0. The van der Waals surface area contributed by atoms with Gasteiger partial charge in [-0.15, -0.1) is 0 Å². The van der Waals surface area contributed by atoms with E-state index in [-0.39, 0.29) is 12.1 Å². The van der Waals surface area contributed by atoms with Crippen LogP contribution in [0.4, 0.5) is 0 Å². The van der Waals surface area contributed by atoms with Gasteiger partial charge in [0, 0.05) is 24.9 Å². The number of carbonyl (C=O) groups excluding carboxylic acids is 2. The van der Waals surface area contributed by atoms with E-state index in [1.807, 2.05) is 0 Å². The Labute approximate surface area is 130 Å². The van der Waals surface area contributed by atoms with Crippen LogP contribution in [0.5, 0.6) is 0 Å². The van der Waals surface area contributed by atoms with Crippen LogP contribution in [-0.2, 0) is 9.47 Å². The highest BCUT2D eigenvalue weighted by Crippen LogP contribution is 2.35. The van der Waals surface area contributed by atoms with Gasteiger partial charge in [-0.05, 0) is 38.1 Å². The van der Waals surface area contributed by atoms with Crippen molar-refractivity contribution in [2.75, 3.05) is 14.2 Å². The number of methoxy groups -OCH3 is 1. The molecule has 5 heteroatoms. The number of rotatable bonds is 3. The third-order valence-corrected chi connectivity index (χ3v) is 4.85. The molecule has 0 spiro atoms. The largest absolute Gasteiger partial charge is 0.465 e. The maximum Gasteiger partial charge on any atom is 0.338 e. The SMILES string of the molecule is COC(=O)c1cccc(C(=O)OC2C[C@H]3CC[C@@H](C2)N3C)c1. The van der Waals surface area contributed by atoms with E-state index in [2.05, 4.69) is 16.7 Å². The third kappa shape index (κ3) is 2.86. The van der Waals surface area contributed by atoms with Crippen molar-refractivity contribution in [3.05, 3.63) is 35.4 Å². The van der Waals surface area contributed by atoms with Gasteiger partial charge in [0.2, 0.25) is 0 Å².